The van der Waals surface area contributed by atoms with Gasteiger partial charge in [-0.3, -0.25) is 10.1 Å². The van der Waals surface area contributed by atoms with Crippen molar-refractivity contribution in [2.75, 3.05) is 7.05 Å². The Morgan fingerprint density at radius 2 is 2.16 bits per heavy atom. The molecular weight excluding hydrogens is 240 g/mol. The number of nitro groups is 1. The van der Waals surface area contributed by atoms with Crippen LogP contribution in [-0.2, 0) is 6.42 Å². The fraction of sp³-hybridized carbons (Fsp3) is 0.600. The van der Waals surface area contributed by atoms with Gasteiger partial charge in [0.15, 0.2) is 0 Å². The summed E-state index contributed by atoms with van der Waals surface area (Å²) in [4.78, 5) is 10.8. The molecule has 1 aromatic carbocycles. The molecule has 0 aliphatic heterocycles. The lowest BCUT2D eigenvalue weighted by atomic mass is 9.86. The van der Waals surface area contributed by atoms with E-state index in [4.69, 9.17) is 0 Å². The highest BCUT2D eigenvalue weighted by molar-refractivity contribution is 5.40. The third-order valence-electron chi connectivity index (χ3n) is 4.44. The highest BCUT2D eigenvalue weighted by Gasteiger charge is 2.31. The maximum absolute atomic E-state index is 11.1. The minimum Gasteiger partial charge on any atom is -0.316 e. The van der Waals surface area contributed by atoms with Crippen LogP contribution in [0.1, 0.15) is 31.7 Å². The Morgan fingerprint density at radius 3 is 2.74 bits per heavy atom. The van der Waals surface area contributed by atoms with Gasteiger partial charge in [0.2, 0.25) is 0 Å². The van der Waals surface area contributed by atoms with Gasteiger partial charge in [0.25, 0.3) is 5.69 Å². The Hall–Kier alpha value is -1.42. The van der Waals surface area contributed by atoms with Crippen molar-refractivity contribution in [2.45, 2.75) is 38.6 Å². The first kappa shape index (κ1) is 14.0. The summed E-state index contributed by atoms with van der Waals surface area (Å²) < 4.78 is 0. The Bertz CT molecular complexity index is 448. The molecule has 19 heavy (non-hydrogen) atoms. The van der Waals surface area contributed by atoms with Crippen LogP contribution in [0.3, 0.4) is 0 Å². The largest absolute Gasteiger partial charge is 0.316 e. The zero-order valence-corrected chi connectivity index (χ0v) is 11.6. The smallest absolute Gasteiger partial charge is 0.272 e. The zero-order valence-electron chi connectivity index (χ0n) is 11.6. The lowest BCUT2D eigenvalue weighted by Crippen LogP contribution is -2.37. The first-order valence-corrected chi connectivity index (χ1v) is 7.03. The second-order valence-corrected chi connectivity index (χ2v) is 5.56. The van der Waals surface area contributed by atoms with Gasteiger partial charge >= 0.3 is 0 Å². The van der Waals surface area contributed by atoms with Crippen LogP contribution in [0, 0.1) is 22.0 Å². The van der Waals surface area contributed by atoms with Crippen LogP contribution >= 0.6 is 0 Å². The first-order valence-electron chi connectivity index (χ1n) is 7.03. The molecule has 1 fully saturated rings. The summed E-state index contributed by atoms with van der Waals surface area (Å²) in [5, 5.41) is 14.4. The van der Waals surface area contributed by atoms with Crippen molar-refractivity contribution in [3.8, 4) is 0 Å². The molecule has 104 valence electrons. The number of para-hydroxylation sites is 1. The van der Waals surface area contributed by atoms with E-state index in [1.807, 2.05) is 19.2 Å². The van der Waals surface area contributed by atoms with Gasteiger partial charge < -0.3 is 5.32 Å². The van der Waals surface area contributed by atoms with Crippen molar-refractivity contribution < 1.29 is 4.92 Å². The summed E-state index contributed by atoms with van der Waals surface area (Å²) in [6.45, 7) is 2.29. The summed E-state index contributed by atoms with van der Waals surface area (Å²) >= 11 is 0. The number of nitrogens with one attached hydrogen (secondary N) is 1. The maximum atomic E-state index is 11.1. The van der Waals surface area contributed by atoms with Crippen LogP contribution in [0.25, 0.3) is 0 Å². The van der Waals surface area contributed by atoms with E-state index in [0.29, 0.717) is 17.9 Å². The van der Waals surface area contributed by atoms with E-state index >= 15 is 0 Å². The second-order valence-electron chi connectivity index (χ2n) is 5.56. The van der Waals surface area contributed by atoms with E-state index < -0.39 is 0 Å². The van der Waals surface area contributed by atoms with Gasteiger partial charge in [0.1, 0.15) is 0 Å². The predicted molar refractivity (Wildman–Crippen MR) is 76.2 cm³/mol. The second kappa shape index (κ2) is 6.15. The van der Waals surface area contributed by atoms with Gasteiger partial charge in [0.05, 0.1) is 4.92 Å². The van der Waals surface area contributed by atoms with Crippen LogP contribution in [0.4, 0.5) is 5.69 Å². The SMILES string of the molecule is CNC(Cc1ccccc1[N+](=O)[O-])C1CCCC1C. The van der Waals surface area contributed by atoms with Crippen molar-refractivity contribution >= 4 is 5.69 Å². The van der Waals surface area contributed by atoms with Crippen molar-refractivity contribution in [3.05, 3.63) is 39.9 Å². The third kappa shape index (κ3) is 3.13. The van der Waals surface area contributed by atoms with Gasteiger partial charge in [-0.15, -0.1) is 0 Å². The third-order valence-corrected chi connectivity index (χ3v) is 4.44. The van der Waals surface area contributed by atoms with E-state index in [1.54, 1.807) is 12.1 Å². The molecule has 0 amide bonds. The van der Waals surface area contributed by atoms with Gasteiger partial charge in [-0.1, -0.05) is 38.0 Å². The van der Waals surface area contributed by atoms with E-state index in [0.717, 1.165) is 12.0 Å². The monoisotopic (exact) mass is 262 g/mol. The minimum absolute atomic E-state index is 0.244. The van der Waals surface area contributed by atoms with Gasteiger partial charge in [-0.2, -0.15) is 0 Å². The highest BCUT2D eigenvalue weighted by Crippen LogP contribution is 2.35. The standard InChI is InChI=1S/C15H22N2O2/c1-11-6-5-8-13(11)14(16-2)10-12-7-3-4-9-15(12)17(18)19/h3-4,7,9,11,13-14,16H,5-6,8,10H2,1-2H3. The van der Waals surface area contributed by atoms with Gasteiger partial charge in [-0.05, 0) is 31.7 Å². The quantitative estimate of drug-likeness (QED) is 0.655. The van der Waals surface area contributed by atoms with Crippen LogP contribution in [-0.4, -0.2) is 18.0 Å². The lowest BCUT2D eigenvalue weighted by Gasteiger charge is -2.26. The lowest BCUT2D eigenvalue weighted by molar-refractivity contribution is -0.385. The van der Waals surface area contributed by atoms with Crippen LogP contribution in [0.15, 0.2) is 24.3 Å². The Morgan fingerprint density at radius 1 is 1.42 bits per heavy atom. The molecule has 3 atom stereocenters. The fourth-order valence-electron chi connectivity index (χ4n) is 3.34. The maximum Gasteiger partial charge on any atom is 0.272 e. The molecular formula is C15H22N2O2. The van der Waals surface area contributed by atoms with Crippen molar-refractivity contribution in [1.29, 1.82) is 0 Å². The van der Waals surface area contributed by atoms with Crippen molar-refractivity contribution in [2.24, 2.45) is 11.8 Å². The Balaban J connectivity index is 2.16. The number of rotatable bonds is 5. The Kier molecular flexibility index (Phi) is 4.53. The average Bonchev–Trinajstić information content (AvgIpc) is 2.82. The molecule has 0 bridgehead atoms. The molecule has 1 saturated carbocycles. The van der Waals surface area contributed by atoms with E-state index in [-0.39, 0.29) is 10.6 Å². The number of likely N-dealkylation sites (N-methyl/N-ethyl adjacent to an activating group) is 1. The predicted octanol–water partition coefficient (Wildman–Crippen LogP) is 3.16. The molecule has 2 rings (SSSR count). The van der Waals surface area contributed by atoms with E-state index in [1.165, 1.54) is 19.3 Å². The molecule has 1 N–H and O–H groups in total. The number of nitrogens with zero attached hydrogens (tertiary/aromatic N) is 1. The summed E-state index contributed by atoms with van der Waals surface area (Å²) in [6, 6.07) is 7.42. The van der Waals surface area contributed by atoms with Crippen molar-refractivity contribution in [1.82, 2.24) is 5.32 Å². The summed E-state index contributed by atoms with van der Waals surface area (Å²) in [7, 11) is 1.96. The van der Waals surface area contributed by atoms with Crippen LogP contribution < -0.4 is 5.32 Å². The number of benzene rings is 1. The molecule has 0 heterocycles. The van der Waals surface area contributed by atoms with Crippen LogP contribution in [0.2, 0.25) is 0 Å². The summed E-state index contributed by atoms with van der Waals surface area (Å²) in [5.74, 6) is 1.34. The van der Waals surface area contributed by atoms with Crippen LogP contribution in [0.5, 0.6) is 0 Å². The fourth-order valence-corrected chi connectivity index (χ4v) is 3.34. The normalized spacial score (nSPS) is 24.3. The molecule has 1 aliphatic carbocycles. The highest BCUT2D eigenvalue weighted by atomic mass is 16.6. The van der Waals surface area contributed by atoms with E-state index in [9.17, 15) is 10.1 Å². The first-order chi connectivity index (χ1) is 9.13. The number of hydrogen-bond acceptors (Lipinski definition) is 3. The molecule has 0 radical (unpaired) electrons. The minimum atomic E-state index is -0.278. The topological polar surface area (TPSA) is 55.2 Å². The molecule has 3 unspecified atom stereocenters. The van der Waals surface area contributed by atoms with Gasteiger partial charge in [-0.25, -0.2) is 0 Å². The Labute approximate surface area is 114 Å². The molecule has 4 nitrogen and oxygen atoms in total. The molecule has 0 aromatic heterocycles. The summed E-state index contributed by atoms with van der Waals surface area (Å²) in [5.41, 5.74) is 1.08. The molecule has 0 spiro atoms. The molecule has 4 heteroatoms. The summed E-state index contributed by atoms with van der Waals surface area (Å²) in [6.07, 6.45) is 4.52. The molecule has 0 saturated heterocycles. The van der Waals surface area contributed by atoms with E-state index in [2.05, 4.69) is 12.2 Å². The molecule has 1 aromatic rings. The van der Waals surface area contributed by atoms with Crippen molar-refractivity contribution in [3.63, 3.8) is 0 Å². The molecule has 1 aliphatic rings. The average molecular weight is 262 g/mol. The zero-order chi connectivity index (χ0) is 13.8. The number of nitro benzene ring substituents is 1. The van der Waals surface area contributed by atoms with Gasteiger partial charge in [0, 0.05) is 17.7 Å². The number of hydrogen-bond donors (Lipinski definition) is 1.